The third-order valence-electron chi connectivity index (χ3n) is 11.4. The van der Waals surface area contributed by atoms with Gasteiger partial charge < -0.3 is 0 Å². The summed E-state index contributed by atoms with van der Waals surface area (Å²) in [4.78, 5) is 10.8. The summed E-state index contributed by atoms with van der Waals surface area (Å²) in [7, 11) is 0. The van der Waals surface area contributed by atoms with Gasteiger partial charge in [-0.3, -0.25) is 4.57 Å². The number of para-hydroxylation sites is 1. The first kappa shape index (κ1) is 34.4. The molecule has 2 heterocycles. The predicted molar refractivity (Wildman–Crippen MR) is 246 cm³/mol. The number of fused-ring (bicyclic) bond motifs is 4. The average molecular weight is 752 g/mol. The van der Waals surface area contributed by atoms with Gasteiger partial charge in [0.15, 0.2) is 0 Å². The van der Waals surface area contributed by atoms with E-state index in [1.807, 2.05) is 6.07 Å². The third kappa shape index (κ3) is 6.26. The lowest BCUT2D eigenvalue weighted by molar-refractivity contribution is 1.10. The average Bonchev–Trinajstić information content (AvgIpc) is 3.71. The summed E-state index contributed by atoms with van der Waals surface area (Å²) in [5.41, 5.74) is 16.4. The quantitative estimate of drug-likeness (QED) is 0.152. The highest BCUT2D eigenvalue weighted by Gasteiger charge is 2.19. The van der Waals surface area contributed by atoms with E-state index in [0.717, 1.165) is 66.8 Å². The Morgan fingerprint density at radius 1 is 0.305 bits per heavy atom. The van der Waals surface area contributed by atoms with Gasteiger partial charge in [-0.15, -0.1) is 0 Å². The molecule has 0 aliphatic carbocycles. The van der Waals surface area contributed by atoms with Gasteiger partial charge in [0, 0.05) is 27.6 Å². The molecule has 11 rings (SSSR count). The first-order chi connectivity index (χ1) is 29.2. The van der Waals surface area contributed by atoms with E-state index in [0.29, 0.717) is 0 Å². The highest BCUT2D eigenvalue weighted by atomic mass is 15.1. The second kappa shape index (κ2) is 14.6. The van der Waals surface area contributed by atoms with E-state index in [2.05, 4.69) is 223 Å². The molecule has 0 unspecified atom stereocenters. The zero-order valence-corrected chi connectivity index (χ0v) is 32.2. The van der Waals surface area contributed by atoms with Gasteiger partial charge in [0.2, 0.25) is 0 Å². The molecule has 0 bridgehead atoms. The van der Waals surface area contributed by atoms with Crippen LogP contribution >= 0.6 is 0 Å². The van der Waals surface area contributed by atoms with Gasteiger partial charge in [0.05, 0.1) is 22.2 Å². The van der Waals surface area contributed by atoms with Crippen molar-refractivity contribution < 1.29 is 0 Å². The molecule has 0 fully saturated rings. The second-order valence-electron chi connectivity index (χ2n) is 15.0. The number of hydrogen-bond donors (Lipinski definition) is 0. The van der Waals surface area contributed by atoms with Crippen molar-refractivity contribution in [2.24, 2.45) is 0 Å². The molecular formula is C56H37N3. The van der Waals surface area contributed by atoms with E-state index in [1.165, 1.54) is 38.8 Å². The van der Waals surface area contributed by atoms with E-state index < -0.39 is 0 Å². The van der Waals surface area contributed by atoms with Gasteiger partial charge >= 0.3 is 0 Å². The fraction of sp³-hybridized carbons (Fsp3) is 0. The highest BCUT2D eigenvalue weighted by molar-refractivity contribution is 6.16. The van der Waals surface area contributed by atoms with Crippen molar-refractivity contribution in [3.8, 4) is 72.8 Å². The Kier molecular flexibility index (Phi) is 8.49. The topological polar surface area (TPSA) is 30.7 Å². The second-order valence-corrected chi connectivity index (χ2v) is 15.0. The Balaban J connectivity index is 1.14. The maximum Gasteiger partial charge on any atom is 0.145 e. The number of pyridine rings is 1. The molecular weight excluding hydrogens is 715 g/mol. The van der Waals surface area contributed by atoms with Crippen molar-refractivity contribution >= 4 is 32.7 Å². The lowest BCUT2D eigenvalue weighted by atomic mass is 9.90. The van der Waals surface area contributed by atoms with Crippen LogP contribution in [0.2, 0.25) is 0 Å². The van der Waals surface area contributed by atoms with Crippen LogP contribution in [0, 0.1) is 0 Å². The maximum atomic E-state index is 5.49. The van der Waals surface area contributed by atoms with Gasteiger partial charge in [-0.1, -0.05) is 188 Å². The molecule has 3 nitrogen and oxygen atoms in total. The van der Waals surface area contributed by atoms with Crippen molar-refractivity contribution in [1.82, 2.24) is 14.5 Å². The van der Waals surface area contributed by atoms with Crippen LogP contribution < -0.4 is 0 Å². The van der Waals surface area contributed by atoms with Gasteiger partial charge in [-0.25, -0.2) is 9.97 Å². The largest absolute Gasteiger partial charge is 0.292 e. The Morgan fingerprint density at radius 2 is 0.780 bits per heavy atom. The molecule has 0 atom stereocenters. The summed E-state index contributed by atoms with van der Waals surface area (Å²) in [5, 5.41) is 3.39. The molecule has 59 heavy (non-hydrogen) atoms. The summed E-state index contributed by atoms with van der Waals surface area (Å²) < 4.78 is 2.27. The lowest BCUT2D eigenvalue weighted by Crippen LogP contribution is -1.97. The summed E-state index contributed by atoms with van der Waals surface area (Å²) in [6.45, 7) is 0. The summed E-state index contributed by atoms with van der Waals surface area (Å²) in [6, 6.07) is 79.8. The van der Waals surface area contributed by atoms with Gasteiger partial charge in [0.1, 0.15) is 5.82 Å². The molecule has 0 radical (unpaired) electrons. The minimum absolute atomic E-state index is 0.912. The van der Waals surface area contributed by atoms with E-state index in [9.17, 15) is 0 Å². The standard InChI is InChI=1S/C56H37N3/c1-5-15-38(16-6-1)40-25-29-42(30-26-40)49-36-51-50(45-33-34-54-53(35-45)58-56(44-19-9-3-10-20-44)59(54)46-21-11-4-12-22-46)37-52(57-55(51)48-24-14-13-23-47(48)49)43-31-27-41(28-32-43)39-17-7-2-8-18-39/h1-37H. The molecule has 0 N–H and O–H groups in total. The van der Waals surface area contributed by atoms with E-state index in [1.54, 1.807) is 0 Å². The summed E-state index contributed by atoms with van der Waals surface area (Å²) in [5.74, 6) is 0.912. The van der Waals surface area contributed by atoms with Crippen LogP contribution in [0.1, 0.15) is 0 Å². The molecule has 0 spiro atoms. The lowest BCUT2D eigenvalue weighted by Gasteiger charge is -2.16. The van der Waals surface area contributed by atoms with Crippen LogP contribution in [0.15, 0.2) is 224 Å². The molecule has 0 aliphatic rings. The Labute approximate surface area is 343 Å². The normalized spacial score (nSPS) is 11.4. The summed E-state index contributed by atoms with van der Waals surface area (Å²) in [6.07, 6.45) is 0. The first-order valence-electron chi connectivity index (χ1n) is 20.1. The number of imidazole rings is 1. The number of rotatable bonds is 7. The smallest absolute Gasteiger partial charge is 0.145 e. The zero-order valence-electron chi connectivity index (χ0n) is 32.2. The van der Waals surface area contributed by atoms with Crippen molar-refractivity contribution in [2.45, 2.75) is 0 Å². The highest BCUT2D eigenvalue weighted by Crippen LogP contribution is 2.42. The summed E-state index contributed by atoms with van der Waals surface area (Å²) >= 11 is 0. The van der Waals surface area contributed by atoms with Crippen LogP contribution in [-0.4, -0.2) is 14.5 Å². The maximum absolute atomic E-state index is 5.49. The molecule has 0 amide bonds. The Hall–Kier alpha value is -7.88. The minimum atomic E-state index is 0.912. The molecule has 2 aromatic heterocycles. The van der Waals surface area contributed by atoms with Crippen LogP contribution in [0.25, 0.3) is 106 Å². The van der Waals surface area contributed by atoms with Crippen molar-refractivity contribution in [2.75, 3.05) is 0 Å². The first-order valence-corrected chi connectivity index (χ1v) is 20.1. The number of nitrogens with zero attached hydrogens (tertiary/aromatic N) is 3. The molecule has 9 aromatic carbocycles. The molecule has 0 saturated heterocycles. The minimum Gasteiger partial charge on any atom is -0.292 e. The van der Waals surface area contributed by atoms with Crippen molar-refractivity contribution in [3.63, 3.8) is 0 Å². The molecule has 0 aliphatic heterocycles. The third-order valence-corrected chi connectivity index (χ3v) is 11.4. The number of hydrogen-bond acceptors (Lipinski definition) is 2. The monoisotopic (exact) mass is 751 g/mol. The Bertz CT molecular complexity index is 3260. The van der Waals surface area contributed by atoms with Crippen molar-refractivity contribution in [3.05, 3.63) is 224 Å². The van der Waals surface area contributed by atoms with Crippen LogP contribution in [0.4, 0.5) is 0 Å². The van der Waals surface area contributed by atoms with Gasteiger partial charge in [-0.05, 0) is 86.3 Å². The fourth-order valence-corrected chi connectivity index (χ4v) is 8.48. The zero-order chi connectivity index (χ0) is 39.1. The van der Waals surface area contributed by atoms with Crippen LogP contribution in [-0.2, 0) is 0 Å². The molecule has 11 aromatic rings. The van der Waals surface area contributed by atoms with Crippen LogP contribution in [0.5, 0.6) is 0 Å². The fourth-order valence-electron chi connectivity index (χ4n) is 8.48. The van der Waals surface area contributed by atoms with E-state index in [-0.39, 0.29) is 0 Å². The predicted octanol–water partition coefficient (Wildman–Crippen LogP) is 14.7. The van der Waals surface area contributed by atoms with E-state index >= 15 is 0 Å². The van der Waals surface area contributed by atoms with Crippen molar-refractivity contribution in [1.29, 1.82) is 0 Å². The number of aromatic nitrogens is 3. The molecule has 0 saturated carbocycles. The SMILES string of the molecule is c1ccc(-c2ccc(-c3cc(-c4ccc5c(c4)nc(-c4ccccc4)n5-c4ccccc4)c4cc(-c5ccc(-c6ccccc6)cc5)c5ccccc5c4n3)cc2)cc1. The van der Waals surface area contributed by atoms with E-state index in [4.69, 9.17) is 9.97 Å². The van der Waals surface area contributed by atoms with Crippen LogP contribution in [0.3, 0.4) is 0 Å². The number of benzene rings is 9. The van der Waals surface area contributed by atoms with Gasteiger partial charge in [-0.2, -0.15) is 0 Å². The molecule has 3 heteroatoms. The van der Waals surface area contributed by atoms with Gasteiger partial charge in [0.25, 0.3) is 0 Å². The molecule has 276 valence electrons. The Morgan fingerprint density at radius 3 is 1.41 bits per heavy atom.